The lowest BCUT2D eigenvalue weighted by atomic mass is 10.1. The van der Waals surface area contributed by atoms with Crippen molar-refractivity contribution in [2.45, 2.75) is 19.1 Å². The van der Waals surface area contributed by atoms with Gasteiger partial charge in [0.15, 0.2) is 6.10 Å². The summed E-state index contributed by atoms with van der Waals surface area (Å²) in [7, 11) is 0. The highest BCUT2D eigenvalue weighted by atomic mass is 16.5. The van der Waals surface area contributed by atoms with Crippen molar-refractivity contribution in [1.29, 1.82) is 0 Å². The first-order valence-electron chi connectivity index (χ1n) is 8.12. The second kappa shape index (κ2) is 7.29. The van der Waals surface area contributed by atoms with Gasteiger partial charge >= 0.3 is 0 Å². The zero-order chi connectivity index (χ0) is 16.2. The molecular weight excluding hydrogens is 296 g/mol. The predicted molar refractivity (Wildman–Crippen MR) is 85.4 cm³/mol. The van der Waals surface area contributed by atoms with E-state index in [1.165, 1.54) is 0 Å². The molecular formula is C17H24N2O4. The van der Waals surface area contributed by atoms with Crippen molar-refractivity contribution in [3.63, 3.8) is 0 Å². The van der Waals surface area contributed by atoms with Gasteiger partial charge in [-0.15, -0.1) is 0 Å². The zero-order valence-corrected chi connectivity index (χ0v) is 13.5. The van der Waals surface area contributed by atoms with Gasteiger partial charge in [0.2, 0.25) is 0 Å². The van der Waals surface area contributed by atoms with Crippen LogP contribution in [0.2, 0.25) is 0 Å². The Labute approximate surface area is 136 Å². The Morgan fingerprint density at radius 1 is 1.35 bits per heavy atom. The van der Waals surface area contributed by atoms with Gasteiger partial charge in [-0.05, 0) is 18.6 Å². The topological polar surface area (TPSA) is 62.2 Å². The Morgan fingerprint density at radius 3 is 2.74 bits per heavy atom. The summed E-state index contributed by atoms with van der Waals surface area (Å²) in [6, 6.07) is 7.97. The maximum atomic E-state index is 12.2. The summed E-state index contributed by atoms with van der Waals surface area (Å²) >= 11 is 0. The molecule has 23 heavy (non-hydrogen) atoms. The molecule has 1 aromatic rings. The van der Waals surface area contributed by atoms with Crippen LogP contribution in [0.25, 0.3) is 0 Å². The van der Waals surface area contributed by atoms with E-state index in [9.17, 15) is 9.90 Å². The van der Waals surface area contributed by atoms with E-state index >= 15 is 0 Å². The average molecular weight is 320 g/mol. The molecule has 0 spiro atoms. The number of hydrogen-bond acceptors (Lipinski definition) is 5. The standard InChI is InChI=1S/C17H24N2O4/c1-13-4-2-3-5-16(13)23-12-15(20)17(21)19-10-14(11-19)18-6-8-22-9-7-18/h2-5,14-15,20H,6-12H2,1H3/t15-/m0/s1. The minimum absolute atomic E-state index is 0.0115. The minimum atomic E-state index is -1.11. The summed E-state index contributed by atoms with van der Waals surface area (Å²) in [6.45, 7) is 6.65. The van der Waals surface area contributed by atoms with E-state index in [4.69, 9.17) is 9.47 Å². The fourth-order valence-corrected chi connectivity index (χ4v) is 2.98. The molecule has 2 heterocycles. The van der Waals surface area contributed by atoms with Gasteiger partial charge in [0, 0.05) is 32.2 Å². The highest BCUT2D eigenvalue weighted by molar-refractivity contribution is 5.81. The molecule has 1 aromatic carbocycles. The molecule has 2 aliphatic heterocycles. The van der Waals surface area contributed by atoms with Gasteiger partial charge in [-0.25, -0.2) is 0 Å². The molecule has 0 aliphatic carbocycles. The first kappa shape index (κ1) is 16.2. The number of carbonyl (C=O) groups excluding carboxylic acids is 1. The maximum Gasteiger partial charge on any atom is 0.255 e. The molecule has 6 nitrogen and oxygen atoms in total. The van der Waals surface area contributed by atoms with E-state index in [1.54, 1.807) is 4.90 Å². The molecule has 0 bridgehead atoms. The number of ether oxygens (including phenoxy) is 2. The lowest BCUT2D eigenvalue weighted by molar-refractivity contribution is -0.150. The highest BCUT2D eigenvalue weighted by Gasteiger charge is 2.37. The van der Waals surface area contributed by atoms with Crippen LogP contribution in [0.5, 0.6) is 5.75 Å². The van der Waals surface area contributed by atoms with E-state index < -0.39 is 6.10 Å². The second-order valence-corrected chi connectivity index (χ2v) is 6.14. The van der Waals surface area contributed by atoms with Gasteiger partial charge in [-0.2, -0.15) is 0 Å². The van der Waals surface area contributed by atoms with Crippen molar-refractivity contribution in [3.05, 3.63) is 29.8 Å². The van der Waals surface area contributed by atoms with Crippen molar-refractivity contribution in [1.82, 2.24) is 9.80 Å². The monoisotopic (exact) mass is 320 g/mol. The largest absolute Gasteiger partial charge is 0.490 e. The van der Waals surface area contributed by atoms with E-state index in [0.717, 1.165) is 31.9 Å². The predicted octanol–water partition coefficient (Wildman–Crippen LogP) is 0.278. The van der Waals surface area contributed by atoms with Crippen molar-refractivity contribution in [2.24, 2.45) is 0 Å². The van der Waals surface area contributed by atoms with E-state index in [0.29, 0.717) is 24.9 Å². The molecule has 1 atom stereocenters. The maximum absolute atomic E-state index is 12.2. The number of likely N-dealkylation sites (tertiary alicyclic amines) is 1. The highest BCUT2D eigenvalue weighted by Crippen LogP contribution is 2.19. The molecule has 2 saturated heterocycles. The van der Waals surface area contributed by atoms with E-state index in [1.807, 2.05) is 31.2 Å². The van der Waals surface area contributed by atoms with Gasteiger partial charge < -0.3 is 19.5 Å². The molecule has 3 rings (SSSR count). The molecule has 2 aliphatic rings. The van der Waals surface area contributed by atoms with Crippen LogP contribution in [-0.4, -0.2) is 79.0 Å². The van der Waals surface area contributed by atoms with Gasteiger partial charge in [0.1, 0.15) is 12.4 Å². The van der Waals surface area contributed by atoms with Crippen molar-refractivity contribution in [3.8, 4) is 5.75 Å². The SMILES string of the molecule is Cc1ccccc1OC[C@H](O)C(=O)N1CC(N2CCOCC2)C1. The van der Waals surface area contributed by atoms with Crippen LogP contribution in [-0.2, 0) is 9.53 Å². The van der Waals surface area contributed by atoms with Gasteiger partial charge in [-0.1, -0.05) is 18.2 Å². The summed E-state index contributed by atoms with van der Waals surface area (Å²) in [5.41, 5.74) is 0.989. The summed E-state index contributed by atoms with van der Waals surface area (Å²) in [6.07, 6.45) is -1.11. The molecule has 0 radical (unpaired) electrons. The van der Waals surface area contributed by atoms with Crippen LogP contribution in [0.4, 0.5) is 0 Å². The molecule has 6 heteroatoms. The molecule has 0 unspecified atom stereocenters. The quantitative estimate of drug-likeness (QED) is 0.844. The number of rotatable bonds is 5. The Kier molecular flexibility index (Phi) is 5.15. The smallest absolute Gasteiger partial charge is 0.255 e. The fraction of sp³-hybridized carbons (Fsp3) is 0.588. The summed E-state index contributed by atoms with van der Waals surface area (Å²) in [5, 5.41) is 10.1. The number of hydrogen-bond donors (Lipinski definition) is 1. The summed E-state index contributed by atoms with van der Waals surface area (Å²) in [5.74, 6) is 0.456. The summed E-state index contributed by atoms with van der Waals surface area (Å²) in [4.78, 5) is 16.3. The molecule has 0 saturated carbocycles. The van der Waals surface area contributed by atoms with Crippen LogP contribution in [0, 0.1) is 6.92 Å². The van der Waals surface area contributed by atoms with Crippen LogP contribution in [0.3, 0.4) is 0 Å². The number of nitrogens with zero attached hydrogens (tertiary/aromatic N) is 2. The first-order valence-corrected chi connectivity index (χ1v) is 8.12. The molecule has 1 N–H and O–H groups in total. The zero-order valence-electron chi connectivity index (χ0n) is 13.5. The Bertz CT molecular complexity index is 539. The minimum Gasteiger partial charge on any atom is -0.490 e. The third-order valence-corrected chi connectivity index (χ3v) is 4.51. The number of amides is 1. The lowest BCUT2D eigenvalue weighted by Gasteiger charge is -2.47. The molecule has 1 amide bonds. The van der Waals surface area contributed by atoms with Crippen LogP contribution in [0.15, 0.2) is 24.3 Å². The first-order chi connectivity index (χ1) is 11.1. The summed E-state index contributed by atoms with van der Waals surface area (Å²) < 4.78 is 10.9. The number of aliphatic hydroxyl groups is 1. The third-order valence-electron chi connectivity index (χ3n) is 4.51. The van der Waals surface area contributed by atoms with Gasteiger partial charge in [0.25, 0.3) is 5.91 Å². The Balaban J connectivity index is 1.43. The normalized spacial score (nSPS) is 20.9. The van der Waals surface area contributed by atoms with E-state index in [-0.39, 0.29) is 12.5 Å². The Morgan fingerprint density at radius 2 is 2.04 bits per heavy atom. The van der Waals surface area contributed by atoms with Crippen molar-refractivity contribution < 1.29 is 19.4 Å². The van der Waals surface area contributed by atoms with Crippen LogP contribution >= 0.6 is 0 Å². The van der Waals surface area contributed by atoms with Crippen LogP contribution < -0.4 is 4.74 Å². The number of aryl methyl sites for hydroxylation is 1. The fourth-order valence-electron chi connectivity index (χ4n) is 2.98. The third kappa shape index (κ3) is 3.83. The number of morpholine rings is 1. The number of para-hydroxylation sites is 1. The van der Waals surface area contributed by atoms with Crippen molar-refractivity contribution in [2.75, 3.05) is 46.0 Å². The van der Waals surface area contributed by atoms with Crippen molar-refractivity contribution >= 4 is 5.91 Å². The van der Waals surface area contributed by atoms with Gasteiger partial charge in [0.05, 0.1) is 13.2 Å². The number of carbonyl (C=O) groups is 1. The van der Waals surface area contributed by atoms with E-state index in [2.05, 4.69) is 4.90 Å². The molecule has 126 valence electrons. The average Bonchev–Trinajstić information content (AvgIpc) is 2.53. The molecule has 2 fully saturated rings. The van der Waals surface area contributed by atoms with Gasteiger partial charge in [-0.3, -0.25) is 9.69 Å². The lowest BCUT2D eigenvalue weighted by Crippen LogP contribution is -2.64. The Hall–Kier alpha value is -1.63. The van der Waals surface area contributed by atoms with Crippen LogP contribution in [0.1, 0.15) is 5.56 Å². The number of benzene rings is 1. The second-order valence-electron chi connectivity index (χ2n) is 6.14. The molecule has 0 aromatic heterocycles. The number of aliphatic hydroxyl groups excluding tert-OH is 1.